The van der Waals surface area contributed by atoms with Crippen LogP contribution in [0.5, 0.6) is 0 Å². The highest BCUT2D eigenvalue weighted by Gasteiger charge is 2.36. The monoisotopic (exact) mass is 483 g/mol. The summed E-state index contributed by atoms with van der Waals surface area (Å²) in [5.74, 6) is -3.48. The minimum absolute atomic E-state index is 0.139. The molecular formula is C21H18F5N5OS. The van der Waals surface area contributed by atoms with Crippen molar-refractivity contribution in [3.05, 3.63) is 69.8 Å². The molecule has 4 aromatic rings. The van der Waals surface area contributed by atoms with Gasteiger partial charge in [0.05, 0.1) is 21.5 Å². The second kappa shape index (κ2) is 8.60. The Balaban J connectivity index is 1.42. The Morgan fingerprint density at radius 1 is 1.21 bits per heavy atom. The third kappa shape index (κ3) is 4.62. The number of nitrogens with one attached hydrogen (secondary N) is 2. The lowest BCUT2D eigenvalue weighted by atomic mass is 10.0. The van der Waals surface area contributed by atoms with E-state index in [4.69, 9.17) is 5.73 Å². The van der Waals surface area contributed by atoms with Crippen LogP contribution in [-0.4, -0.2) is 27.1 Å². The standard InChI is InChI=1S/C21H18F5N5OS/c1-31-15-7-10(3-5-14(15)30-20(31)32)16-9-29-19(33-16)28-8-12(27)6-11-2-4-13(21(24,25)26)18(23)17(11)22/h2-5,7,9,12H,6,8,27H2,1H3,(H,28,29)(H,30,32). The van der Waals surface area contributed by atoms with E-state index in [9.17, 15) is 26.7 Å². The number of alkyl halides is 3. The van der Waals surface area contributed by atoms with E-state index in [1.54, 1.807) is 19.3 Å². The molecule has 174 valence electrons. The number of hydrogen-bond acceptors (Lipinski definition) is 5. The fourth-order valence-electron chi connectivity index (χ4n) is 3.40. The highest BCUT2D eigenvalue weighted by Crippen LogP contribution is 2.33. The largest absolute Gasteiger partial charge is 0.419 e. The van der Waals surface area contributed by atoms with Crippen molar-refractivity contribution in [3.63, 3.8) is 0 Å². The van der Waals surface area contributed by atoms with Crippen LogP contribution in [0.3, 0.4) is 0 Å². The van der Waals surface area contributed by atoms with Crippen LogP contribution in [0.1, 0.15) is 11.1 Å². The van der Waals surface area contributed by atoms with Crippen LogP contribution in [0.4, 0.5) is 27.1 Å². The average molecular weight is 483 g/mol. The molecule has 0 radical (unpaired) electrons. The molecule has 2 aromatic carbocycles. The van der Waals surface area contributed by atoms with Gasteiger partial charge in [0.25, 0.3) is 0 Å². The Hall–Kier alpha value is -3.25. The van der Waals surface area contributed by atoms with Crippen LogP contribution < -0.4 is 16.7 Å². The molecule has 0 spiro atoms. The van der Waals surface area contributed by atoms with E-state index >= 15 is 0 Å². The summed E-state index contributed by atoms with van der Waals surface area (Å²) in [7, 11) is 1.66. The minimum Gasteiger partial charge on any atom is -0.360 e. The van der Waals surface area contributed by atoms with Crippen LogP contribution in [0, 0.1) is 11.6 Å². The SMILES string of the molecule is Cn1c(=O)[nH]c2ccc(-c3cnc(NCC(N)Cc4ccc(C(F)(F)F)c(F)c4F)s3)cc21. The lowest BCUT2D eigenvalue weighted by molar-refractivity contribution is -0.140. The number of halogens is 5. The number of thiazole rings is 1. The molecule has 0 fully saturated rings. The third-order valence-corrected chi connectivity index (χ3v) is 6.16. The van der Waals surface area contributed by atoms with Gasteiger partial charge < -0.3 is 16.0 Å². The van der Waals surface area contributed by atoms with E-state index in [0.29, 0.717) is 16.7 Å². The first-order valence-corrected chi connectivity index (χ1v) is 10.5. The number of aryl methyl sites for hydroxylation is 1. The van der Waals surface area contributed by atoms with Crippen molar-refractivity contribution < 1.29 is 22.0 Å². The molecule has 0 amide bonds. The first-order valence-electron chi connectivity index (χ1n) is 9.73. The summed E-state index contributed by atoms with van der Waals surface area (Å²) >= 11 is 1.33. The van der Waals surface area contributed by atoms with Gasteiger partial charge in [-0.15, -0.1) is 0 Å². The van der Waals surface area contributed by atoms with E-state index < -0.39 is 29.4 Å². The fourth-order valence-corrected chi connectivity index (χ4v) is 4.22. The predicted molar refractivity (Wildman–Crippen MR) is 116 cm³/mol. The van der Waals surface area contributed by atoms with Gasteiger partial charge in [-0.3, -0.25) is 4.57 Å². The van der Waals surface area contributed by atoms with Crippen LogP contribution in [0.25, 0.3) is 21.5 Å². The predicted octanol–water partition coefficient (Wildman–Crippen LogP) is 4.27. The molecule has 0 saturated heterocycles. The van der Waals surface area contributed by atoms with Crippen molar-refractivity contribution >= 4 is 27.5 Å². The number of H-pyrrole nitrogens is 1. The molecule has 0 saturated carbocycles. The zero-order chi connectivity index (χ0) is 23.9. The summed E-state index contributed by atoms with van der Waals surface area (Å²) in [5.41, 5.74) is 6.18. The van der Waals surface area contributed by atoms with Gasteiger partial charge in [-0.2, -0.15) is 13.2 Å². The van der Waals surface area contributed by atoms with Crippen molar-refractivity contribution in [2.45, 2.75) is 18.6 Å². The number of nitrogens with zero attached hydrogens (tertiary/aromatic N) is 2. The maximum absolute atomic E-state index is 14.1. The van der Waals surface area contributed by atoms with Crippen molar-refractivity contribution in [1.82, 2.24) is 14.5 Å². The van der Waals surface area contributed by atoms with Crippen LogP contribution >= 0.6 is 11.3 Å². The van der Waals surface area contributed by atoms with Crippen LogP contribution in [0.15, 0.2) is 41.3 Å². The third-order valence-electron chi connectivity index (χ3n) is 5.16. The summed E-state index contributed by atoms with van der Waals surface area (Å²) in [6, 6.07) is 6.22. The fraction of sp³-hybridized carbons (Fsp3) is 0.238. The highest BCUT2D eigenvalue weighted by molar-refractivity contribution is 7.18. The number of aromatic nitrogens is 3. The van der Waals surface area contributed by atoms with Gasteiger partial charge >= 0.3 is 11.9 Å². The molecule has 2 heterocycles. The van der Waals surface area contributed by atoms with Gasteiger partial charge in [0.15, 0.2) is 16.8 Å². The Bertz CT molecular complexity index is 1370. The minimum atomic E-state index is -4.98. The zero-order valence-electron chi connectivity index (χ0n) is 17.1. The molecule has 0 aliphatic heterocycles. The summed E-state index contributed by atoms with van der Waals surface area (Å²) < 4.78 is 67.4. The molecule has 0 aliphatic carbocycles. The van der Waals surface area contributed by atoms with Gasteiger partial charge in [-0.1, -0.05) is 23.5 Å². The van der Waals surface area contributed by atoms with Crippen molar-refractivity contribution in [3.8, 4) is 10.4 Å². The van der Waals surface area contributed by atoms with Gasteiger partial charge in [-0.25, -0.2) is 18.6 Å². The smallest absolute Gasteiger partial charge is 0.360 e. The van der Waals surface area contributed by atoms with E-state index in [2.05, 4.69) is 15.3 Å². The number of nitrogens with two attached hydrogens (primary N) is 1. The summed E-state index contributed by atoms with van der Waals surface area (Å²) in [4.78, 5) is 19.6. The van der Waals surface area contributed by atoms with E-state index in [1.807, 2.05) is 12.1 Å². The molecule has 12 heteroatoms. The molecular weight excluding hydrogens is 465 g/mol. The number of imidazole rings is 1. The second-order valence-electron chi connectivity index (χ2n) is 7.49. The molecule has 33 heavy (non-hydrogen) atoms. The number of anilines is 1. The first kappa shape index (κ1) is 22.9. The summed E-state index contributed by atoms with van der Waals surface area (Å²) in [6.45, 7) is 0.139. The quantitative estimate of drug-likeness (QED) is 0.358. The summed E-state index contributed by atoms with van der Waals surface area (Å²) in [5, 5.41) is 3.53. The van der Waals surface area contributed by atoms with Gasteiger partial charge in [0.1, 0.15) is 0 Å². The number of rotatable bonds is 6. The van der Waals surface area contributed by atoms with E-state index in [-0.39, 0.29) is 24.2 Å². The zero-order valence-corrected chi connectivity index (χ0v) is 18.0. The van der Waals surface area contributed by atoms with Gasteiger partial charge in [0.2, 0.25) is 0 Å². The summed E-state index contributed by atoms with van der Waals surface area (Å²) in [6.07, 6.45) is -3.49. The molecule has 4 N–H and O–H groups in total. The van der Waals surface area contributed by atoms with Crippen LogP contribution in [-0.2, 0) is 19.6 Å². The highest BCUT2D eigenvalue weighted by atomic mass is 32.1. The lowest BCUT2D eigenvalue weighted by Crippen LogP contribution is -2.31. The van der Waals surface area contributed by atoms with E-state index in [0.717, 1.165) is 22.0 Å². The van der Waals surface area contributed by atoms with Crippen molar-refractivity contribution in [2.75, 3.05) is 11.9 Å². The Labute approximate surface area is 187 Å². The number of aromatic amines is 1. The lowest BCUT2D eigenvalue weighted by Gasteiger charge is -2.15. The number of hydrogen-bond donors (Lipinski definition) is 3. The molecule has 1 unspecified atom stereocenters. The first-order chi connectivity index (χ1) is 15.5. The van der Waals surface area contributed by atoms with Gasteiger partial charge in [-0.05, 0) is 35.7 Å². The Morgan fingerprint density at radius 3 is 2.70 bits per heavy atom. The topological polar surface area (TPSA) is 88.7 Å². The average Bonchev–Trinajstić information content (AvgIpc) is 3.33. The number of fused-ring (bicyclic) bond motifs is 1. The molecule has 0 bridgehead atoms. The molecule has 1 atom stereocenters. The van der Waals surface area contributed by atoms with Crippen molar-refractivity contribution in [2.24, 2.45) is 12.8 Å². The Kier molecular flexibility index (Phi) is 5.97. The normalized spacial score (nSPS) is 12.9. The Morgan fingerprint density at radius 2 is 1.97 bits per heavy atom. The van der Waals surface area contributed by atoms with Gasteiger partial charge in [0, 0.05) is 25.8 Å². The van der Waals surface area contributed by atoms with Crippen molar-refractivity contribution in [1.29, 1.82) is 0 Å². The number of benzene rings is 2. The van der Waals surface area contributed by atoms with E-state index in [1.165, 1.54) is 15.9 Å². The molecule has 0 aliphatic rings. The molecule has 6 nitrogen and oxygen atoms in total. The van der Waals surface area contributed by atoms with Crippen LogP contribution in [0.2, 0.25) is 0 Å². The molecule has 2 aromatic heterocycles. The maximum Gasteiger partial charge on any atom is 0.419 e. The molecule has 4 rings (SSSR count). The maximum atomic E-state index is 14.1. The second-order valence-corrected chi connectivity index (χ2v) is 8.52.